The first-order valence-corrected chi connectivity index (χ1v) is 7.22. The van der Waals surface area contributed by atoms with E-state index < -0.39 is 14.9 Å². The normalized spacial score (nSPS) is 16.3. The van der Waals surface area contributed by atoms with E-state index in [0.29, 0.717) is 17.9 Å². The van der Waals surface area contributed by atoms with Crippen molar-refractivity contribution in [2.75, 3.05) is 0 Å². The second-order valence-corrected chi connectivity index (χ2v) is 6.13. The van der Waals surface area contributed by atoms with Gasteiger partial charge in [0.2, 0.25) is 10.0 Å². The lowest BCUT2D eigenvalue weighted by atomic mass is 9.81. The molecule has 0 atom stereocenters. The van der Waals surface area contributed by atoms with Crippen LogP contribution in [-0.2, 0) is 16.4 Å². The Morgan fingerprint density at radius 1 is 1.39 bits per heavy atom. The molecule has 6 nitrogen and oxygen atoms in total. The fourth-order valence-corrected chi connectivity index (χ4v) is 2.90. The Morgan fingerprint density at radius 3 is 2.50 bits per heavy atom. The van der Waals surface area contributed by atoms with Gasteiger partial charge in [0, 0.05) is 12.1 Å². The van der Waals surface area contributed by atoms with Crippen molar-refractivity contribution in [3.8, 4) is 0 Å². The molecule has 0 radical (unpaired) electrons. The number of non-ortho nitro benzene ring substituents is 1. The molecule has 7 heteroatoms. The smallest absolute Gasteiger partial charge is 0.258 e. The number of nitro benzene ring substituents is 1. The Hall–Kier alpha value is -1.47. The topological polar surface area (TPSA) is 103 Å². The van der Waals surface area contributed by atoms with Crippen LogP contribution in [0.15, 0.2) is 23.1 Å². The Kier molecular flexibility index (Phi) is 3.36. The molecule has 0 unspecified atom stereocenters. The molecule has 1 aromatic rings. The lowest BCUT2D eigenvalue weighted by Gasteiger charge is -2.25. The van der Waals surface area contributed by atoms with E-state index in [1.54, 1.807) is 0 Å². The first-order chi connectivity index (χ1) is 8.38. The fraction of sp³-hybridized carbons (Fsp3) is 0.455. The van der Waals surface area contributed by atoms with Gasteiger partial charge in [-0.05, 0) is 17.9 Å². The van der Waals surface area contributed by atoms with Crippen LogP contribution in [0.5, 0.6) is 0 Å². The molecule has 0 bridgehead atoms. The summed E-state index contributed by atoms with van der Waals surface area (Å²) in [7, 11) is -3.92. The van der Waals surface area contributed by atoms with Crippen LogP contribution < -0.4 is 5.14 Å². The number of nitro groups is 1. The Labute approximate surface area is 105 Å². The highest BCUT2D eigenvalue weighted by Gasteiger charge is 2.23. The number of primary sulfonamides is 1. The summed E-state index contributed by atoms with van der Waals surface area (Å²) in [6.45, 7) is 0. The van der Waals surface area contributed by atoms with Crippen molar-refractivity contribution in [2.45, 2.75) is 30.6 Å². The minimum absolute atomic E-state index is 0.122. The van der Waals surface area contributed by atoms with Crippen molar-refractivity contribution >= 4 is 15.7 Å². The molecule has 18 heavy (non-hydrogen) atoms. The standard InChI is InChI=1S/C11H14N2O4S/c12-18(16,17)11-7-10(13(14)15)5-4-9(11)6-8-2-1-3-8/h4-5,7-8H,1-3,6H2,(H2,12,16,17). The molecule has 2 rings (SSSR count). The zero-order valence-electron chi connectivity index (χ0n) is 9.70. The molecule has 1 fully saturated rings. The second kappa shape index (κ2) is 4.66. The summed E-state index contributed by atoms with van der Waals surface area (Å²) >= 11 is 0. The lowest BCUT2D eigenvalue weighted by molar-refractivity contribution is -0.385. The van der Waals surface area contributed by atoms with Crippen molar-refractivity contribution < 1.29 is 13.3 Å². The summed E-state index contributed by atoms with van der Waals surface area (Å²) in [5, 5.41) is 15.8. The SMILES string of the molecule is NS(=O)(=O)c1cc([N+](=O)[O-])ccc1CC1CCC1. The molecule has 98 valence electrons. The number of hydrogen-bond donors (Lipinski definition) is 1. The molecule has 0 saturated heterocycles. The van der Waals surface area contributed by atoms with Gasteiger partial charge in [-0.1, -0.05) is 25.3 Å². The summed E-state index contributed by atoms with van der Waals surface area (Å²) < 4.78 is 22.9. The van der Waals surface area contributed by atoms with E-state index in [0.717, 1.165) is 25.3 Å². The maximum Gasteiger partial charge on any atom is 0.270 e. The van der Waals surface area contributed by atoms with Gasteiger partial charge in [-0.3, -0.25) is 10.1 Å². The van der Waals surface area contributed by atoms with Gasteiger partial charge in [0.05, 0.1) is 9.82 Å². The number of rotatable bonds is 4. The minimum atomic E-state index is -3.92. The van der Waals surface area contributed by atoms with E-state index in [1.165, 1.54) is 12.1 Å². The zero-order chi connectivity index (χ0) is 13.3. The summed E-state index contributed by atoms with van der Waals surface area (Å²) in [5.74, 6) is 0.465. The molecule has 1 aliphatic carbocycles. The maximum atomic E-state index is 11.5. The van der Waals surface area contributed by atoms with Gasteiger partial charge in [-0.2, -0.15) is 0 Å². The maximum absolute atomic E-state index is 11.5. The first kappa shape index (κ1) is 13.0. The van der Waals surface area contributed by atoms with Crippen molar-refractivity contribution in [3.05, 3.63) is 33.9 Å². The highest BCUT2D eigenvalue weighted by molar-refractivity contribution is 7.89. The third-order valence-corrected chi connectivity index (χ3v) is 4.29. The van der Waals surface area contributed by atoms with Crippen LogP contribution in [-0.4, -0.2) is 13.3 Å². The van der Waals surface area contributed by atoms with Gasteiger partial charge in [0.25, 0.3) is 5.69 Å². The van der Waals surface area contributed by atoms with Gasteiger partial charge < -0.3 is 0 Å². The van der Waals surface area contributed by atoms with E-state index in [9.17, 15) is 18.5 Å². The van der Waals surface area contributed by atoms with Crippen LogP contribution in [0.1, 0.15) is 24.8 Å². The monoisotopic (exact) mass is 270 g/mol. The molecule has 0 aromatic heterocycles. The Bertz CT molecular complexity index is 579. The quantitative estimate of drug-likeness (QED) is 0.662. The Balaban J connectivity index is 2.41. The van der Waals surface area contributed by atoms with Gasteiger partial charge in [-0.15, -0.1) is 0 Å². The zero-order valence-corrected chi connectivity index (χ0v) is 10.5. The highest BCUT2D eigenvalue weighted by atomic mass is 32.2. The molecule has 0 aliphatic heterocycles. The molecular formula is C11H14N2O4S. The van der Waals surface area contributed by atoms with Crippen molar-refractivity contribution in [1.82, 2.24) is 0 Å². The van der Waals surface area contributed by atoms with Crippen molar-refractivity contribution in [2.24, 2.45) is 11.1 Å². The number of sulfonamides is 1. The molecule has 0 heterocycles. The average Bonchev–Trinajstić information content (AvgIpc) is 2.22. The van der Waals surface area contributed by atoms with Gasteiger partial charge in [0.15, 0.2) is 0 Å². The van der Waals surface area contributed by atoms with E-state index in [-0.39, 0.29) is 10.6 Å². The van der Waals surface area contributed by atoms with Crippen LogP contribution in [0.3, 0.4) is 0 Å². The lowest BCUT2D eigenvalue weighted by Crippen LogP contribution is -2.19. The third-order valence-electron chi connectivity index (χ3n) is 3.30. The van der Waals surface area contributed by atoms with Crippen LogP contribution in [0.4, 0.5) is 5.69 Å². The predicted molar refractivity (Wildman–Crippen MR) is 65.5 cm³/mol. The summed E-state index contributed by atoms with van der Waals surface area (Å²) in [5.41, 5.74) is 0.323. The van der Waals surface area contributed by atoms with E-state index in [1.807, 2.05) is 0 Å². The first-order valence-electron chi connectivity index (χ1n) is 5.68. The van der Waals surface area contributed by atoms with E-state index in [4.69, 9.17) is 5.14 Å². The van der Waals surface area contributed by atoms with Crippen molar-refractivity contribution in [1.29, 1.82) is 0 Å². The number of nitrogens with zero attached hydrogens (tertiary/aromatic N) is 1. The summed E-state index contributed by atoms with van der Waals surface area (Å²) in [6, 6.07) is 3.86. The highest BCUT2D eigenvalue weighted by Crippen LogP contribution is 2.32. The fourth-order valence-electron chi connectivity index (χ4n) is 2.10. The van der Waals surface area contributed by atoms with Crippen LogP contribution in [0.25, 0.3) is 0 Å². The Morgan fingerprint density at radius 2 is 2.06 bits per heavy atom. The van der Waals surface area contributed by atoms with E-state index >= 15 is 0 Å². The molecule has 1 aliphatic rings. The second-order valence-electron chi connectivity index (χ2n) is 4.60. The summed E-state index contributed by atoms with van der Waals surface area (Å²) in [6.07, 6.45) is 3.91. The number of hydrogen-bond acceptors (Lipinski definition) is 4. The van der Waals surface area contributed by atoms with Gasteiger partial charge in [-0.25, -0.2) is 13.6 Å². The van der Waals surface area contributed by atoms with Crippen molar-refractivity contribution in [3.63, 3.8) is 0 Å². The van der Waals surface area contributed by atoms with Crippen LogP contribution in [0.2, 0.25) is 0 Å². The van der Waals surface area contributed by atoms with Gasteiger partial charge >= 0.3 is 0 Å². The summed E-state index contributed by atoms with van der Waals surface area (Å²) in [4.78, 5) is 9.91. The molecule has 2 N–H and O–H groups in total. The molecular weight excluding hydrogens is 256 g/mol. The van der Waals surface area contributed by atoms with Crippen LogP contribution in [0, 0.1) is 16.0 Å². The molecule has 1 aromatic carbocycles. The predicted octanol–water partition coefficient (Wildman–Crippen LogP) is 1.58. The molecule has 0 amide bonds. The van der Waals surface area contributed by atoms with Gasteiger partial charge in [0.1, 0.15) is 0 Å². The molecule has 0 spiro atoms. The number of benzene rings is 1. The average molecular weight is 270 g/mol. The van der Waals surface area contributed by atoms with Crippen LogP contribution >= 0.6 is 0 Å². The number of nitrogens with two attached hydrogens (primary N) is 1. The third kappa shape index (κ3) is 2.68. The molecule has 1 saturated carbocycles. The van der Waals surface area contributed by atoms with E-state index in [2.05, 4.69) is 0 Å². The largest absolute Gasteiger partial charge is 0.270 e. The minimum Gasteiger partial charge on any atom is -0.258 e.